The zero-order chi connectivity index (χ0) is 31.6. The lowest BCUT2D eigenvalue weighted by Gasteiger charge is -2.13. The summed E-state index contributed by atoms with van der Waals surface area (Å²) >= 11 is 1.88. The molecule has 10 aromatic rings. The molecule has 7 aromatic carbocycles. The van der Waals surface area contributed by atoms with Crippen molar-refractivity contribution in [3.63, 3.8) is 0 Å². The molecule has 3 nitrogen and oxygen atoms in total. The molecule has 0 aliphatic rings. The van der Waals surface area contributed by atoms with E-state index in [9.17, 15) is 0 Å². The molecule has 0 spiro atoms. The van der Waals surface area contributed by atoms with E-state index in [2.05, 4.69) is 156 Å². The monoisotopic (exact) mass is 629 g/mol. The highest BCUT2D eigenvalue weighted by atomic mass is 32.1. The standard InChI is InChI=1S/C44H27N3S/c1-2-11-30(12-3-1)44-46-38-18-7-8-19-39(38)47(44)32-14-10-13-31(27-32)28-21-23-29(24-22-28)42-36-26-25-34-33-15-5-9-20-40(33)48-43(34)41(36)35-16-4-6-17-37(35)45-42/h1-27H. The van der Waals surface area contributed by atoms with Crippen LogP contribution in [0.15, 0.2) is 164 Å². The van der Waals surface area contributed by atoms with E-state index in [1.54, 1.807) is 0 Å². The molecular formula is C44H27N3S. The van der Waals surface area contributed by atoms with Crippen molar-refractivity contribution in [1.82, 2.24) is 14.5 Å². The number of rotatable bonds is 4. The maximum absolute atomic E-state index is 5.25. The van der Waals surface area contributed by atoms with Crippen molar-refractivity contribution in [1.29, 1.82) is 0 Å². The van der Waals surface area contributed by atoms with Gasteiger partial charge in [-0.1, -0.05) is 127 Å². The van der Waals surface area contributed by atoms with E-state index in [1.807, 2.05) is 23.5 Å². The van der Waals surface area contributed by atoms with Gasteiger partial charge in [-0.05, 0) is 47.5 Å². The molecular weight excluding hydrogens is 603 g/mol. The van der Waals surface area contributed by atoms with Gasteiger partial charge in [-0.15, -0.1) is 11.3 Å². The van der Waals surface area contributed by atoms with Gasteiger partial charge < -0.3 is 0 Å². The number of benzene rings is 7. The number of para-hydroxylation sites is 3. The van der Waals surface area contributed by atoms with E-state index in [0.717, 1.165) is 56.0 Å². The van der Waals surface area contributed by atoms with Gasteiger partial charge in [-0.2, -0.15) is 0 Å². The maximum Gasteiger partial charge on any atom is 0.145 e. The zero-order valence-electron chi connectivity index (χ0n) is 25.8. The molecule has 0 fully saturated rings. The summed E-state index contributed by atoms with van der Waals surface area (Å²) in [5.41, 5.74) is 9.69. The molecule has 0 aliphatic heterocycles. The summed E-state index contributed by atoms with van der Waals surface area (Å²) in [5, 5.41) is 6.29. The molecule has 10 rings (SSSR count). The van der Waals surface area contributed by atoms with E-state index in [-0.39, 0.29) is 0 Å². The van der Waals surface area contributed by atoms with E-state index < -0.39 is 0 Å². The van der Waals surface area contributed by atoms with Crippen molar-refractivity contribution in [2.45, 2.75) is 0 Å². The second-order valence-corrected chi connectivity index (χ2v) is 13.2. The molecule has 0 bridgehead atoms. The number of pyridine rings is 1. The molecule has 0 radical (unpaired) electrons. The Morgan fingerprint density at radius 1 is 0.438 bits per heavy atom. The number of hydrogen-bond donors (Lipinski definition) is 0. The van der Waals surface area contributed by atoms with Crippen LogP contribution in [0.5, 0.6) is 0 Å². The maximum atomic E-state index is 5.25. The zero-order valence-corrected chi connectivity index (χ0v) is 26.7. The minimum absolute atomic E-state index is 0.936. The first kappa shape index (κ1) is 27.1. The molecule has 3 heterocycles. The summed E-state index contributed by atoms with van der Waals surface area (Å²) in [4.78, 5) is 10.3. The first-order valence-electron chi connectivity index (χ1n) is 16.2. The Morgan fingerprint density at radius 2 is 1.12 bits per heavy atom. The minimum Gasteiger partial charge on any atom is -0.292 e. The molecule has 0 N–H and O–H groups in total. The number of aromatic nitrogens is 3. The van der Waals surface area contributed by atoms with Crippen LogP contribution in [0.1, 0.15) is 0 Å². The van der Waals surface area contributed by atoms with Crippen LogP contribution in [0.4, 0.5) is 0 Å². The van der Waals surface area contributed by atoms with Gasteiger partial charge in [0.05, 0.1) is 22.2 Å². The molecule has 4 heteroatoms. The van der Waals surface area contributed by atoms with Gasteiger partial charge in [0.25, 0.3) is 0 Å². The van der Waals surface area contributed by atoms with Gasteiger partial charge in [-0.3, -0.25) is 4.57 Å². The van der Waals surface area contributed by atoms with Crippen molar-refractivity contribution >= 4 is 64.2 Å². The van der Waals surface area contributed by atoms with Crippen molar-refractivity contribution in [2.24, 2.45) is 0 Å². The molecule has 0 amide bonds. The highest BCUT2D eigenvalue weighted by Gasteiger charge is 2.17. The SMILES string of the molecule is c1ccc(-c2nc3ccccc3n2-c2cccc(-c3ccc(-c4nc5ccccc5c5c4ccc4c6ccccc6sc45)cc3)c2)cc1. The third kappa shape index (κ3) is 4.20. The minimum atomic E-state index is 0.936. The number of nitrogens with zero attached hydrogens (tertiary/aromatic N) is 3. The Hall–Kier alpha value is -6.10. The highest BCUT2D eigenvalue weighted by molar-refractivity contribution is 7.26. The van der Waals surface area contributed by atoms with Crippen LogP contribution in [-0.4, -0.2) is 14.5 Å². The Labute approximate surface area is 281 Å². The fourth-order valence-corrected chi connectivity index (χ4v) is 8.41. The molecule has 0 aliphatic carbocycles. The van der Waals surface area contributed by atoms with Gasteiger partial charge >= 0.3 is 0 Å². The molecule has 224 valence electrons. The van der Waals surface area contributed by atoms with Crippen LogP contribution in [-0.2, 0) is 0 Å². The van der Waals surface area contributed by atoms with Crippen LogP contribution in [0, 0.1) is 0 Å². The molecule has 0 unspecified atom stereocenters. The van der Waals surface area contributed by atoms with E-state index >= 15 is 0 Å². The largest absolute Gasteiger partial charge is 0.292 e. The van der Waals surface area contributed by atoms with Crippen LogP contribution in [0.25, 0.3) is 92.3 Å². The molecule has 3 aromatic heterocycles. The van der Waals surface area contributed by atoms with Gasteiger partial charge in [0.15, 0.2) is 0 Å². The summed E-state index contributed by atoms with van der Waals surface area (Å²) in [5.74, 6) is 0.936. The topological polar surface area (TPSA) is 30.7 Å². The van der Waals surface area contributed by atoms with Gasteiger partial charge in [0.1, 0.15) is 5.82 Å². The summed E-state index contributed by atoms with van der Waals surface area (Å²) < 4.78 is 4.90. The normalized spacial score (nSPS) is 11.8. The quantitative estimate of drug-likeness (QED) is 0.181. The number of imidazole rings is 1. The third-order valence-electron chi connectivity index (χ3n) is 9.40. The van der Waals surface area contributed by atoms with Crippen molar-refractivity contribution < 1.29 is 0 Å². The lowest BCUT2D eigenvalue weighted by molar-refractivity contribution is 1.10. The van der Waals surface area contributed by atoms with Gasteiger partial charge in [0.2, 0.25) is 0 Å². The van der Waals surface area contributed by atoms with Crippen LogP contribution in [0.3, 0.4) is 0 Å². The first-order chi connectivity index (χ1) is 23.8. The fraction of sp³-hybridized carbons (Fsp3) is 0. The Bertz CT molecular complexity index is 2830. The van der Waals surface area contributed by atoms with Crippen LogP contribution >= 0.6 is 11.3 Å². The number of thiophene rings is 1. The van der Waals surface area contributed by atoms with Crippen molar-refractivity contribution in [3.8, 4) is 39.5 Å². The Balaban J connectivity index is 1.10. The van der Waals surface area contributed by atoms with Gasteiger partial charge in [0, 0.05) is 53.1 Å². The number of fused-ring (bicyclic) bond motifs is 8. The lowest BCUT2D eigenvalue weighted by Crippen LogP contribution is -1.98. The van der Waals surface area contributed by atoms with Crippen LogP contribution < -0.4 is 0 Å². The third-order valence-corrected chi connectivity index (χ3v) is 10.6. The van der Waals surface area contributed by atoms with E-state index in [1.165, 1.54) is 36.3 Å². The predicted molar refractivity (Wildman–Crippen MR) is 203 cm³/mol. The van der Waals surface area contributed by atoms with E-state index in [4.69, 9.17) is 9.97 Å². The smallest absolute Gasteiger partial charge is 0.145 e. The lowest BCUT2D eigenvalue weighted by atomic mass is 9.96. The average Bonchev–Trinajstić information content (AvgIpc) is 3.74. The van der Waals surface area contributed by atoms with Crippen molar-refractivity contribution in [2.75, 3.05) is 0 Å². The summed E-state index contributed by atoms with van der Waals surface area (Å²) in [6.07, 6.45) is 0. The first-order valence-corrected chi connectivity index (χ1v) is 17.0. The predicted octanol–water partition coefficient (Wildman–Crippen LogP) is 12.1. The second-order valence-electron chi connectivity index (χ2n) is 12.2. The highest BCUT2D eigenvalue weighted by Crippen LogP contribution is 2.43. The Morgan fingerprint density at radius 3 is 2.00 bits per heavy atom. The van der Waals surface area contributed by atoms with Gasteiger partial charge in [-0.25, -0.2) is 9.97 Å². The molecule has 0 atom stereocenters. The summed E-state index contributed by atoms with van der Waals surface area (Å²) in [6, 6.07) is 58.2. The molecule has 0 saturated heterocycles. The average molecular weight is 630 g/mol. The van der Waals surface area contributed by atoms with E-state index in [0.29, 0.717) is 0 Å². The molecule has 48 heavy (non-hydrogen) atoms. The van der Waals surface area contributed by atoms with Crippen LogP contribution in [0.2, 0.25) is 0 Å². The fourth-order valence-electron chi connectivity index (χ4n) is 7.15. The second kappa shape index (κ2) is 10.7. The summed E-state index contributed by atoms with van der Waals surface area (Å²) in [6.45, 7) is 0. The number of hydrogen-bond acceptors (Lipinski definition) is 3. The summed E-state index contributed by atoms with van der Waals surface area (Å²) in [7, 11) is 0. The molecule has 0 saturated carbocycles. The Kier molecular flexibility index (Phi) is 6.05. The van der Waals surface area contributed by atoms with Crippen molar-refractivity contribution in [3.05, 3.63) is 164 Å².